The summed E-state index contributed by atoms with van der Waals surface area (Å²) in [5.74, 6) is -0.774. The summed E-state index contributed by atoms with van der Waals surface area (Å²) >= 11 is 5.30. The molecule has 2 amide bonds. The van der Waals surface area contributed by atoms with E-state index in [2.05, 4.69) is 5.32 Å². The first-order valence-electron chi connectivity index (χ1n) is 11.9. The number of carbonyl (C=O) groups is 3. The summed E-state index contributed by atoms with van der Waals surface area (Å²) in [5, 5.41) is 2.63. The lowest BCUT2D eigenvalue weighted by atomic mass is 10.1. The normalized spacial score (nSPS) is 14.6. The summed E-state index contributed by atoms with van der Waals surface area (Å²) in [5.41, 5.74) is 4.24. The highest BCUT2D eigenvalue weighted by molar-refractivity contribution is 7.80. The maximum atomic E-state index is 13.4. The molecule has 0 spiro atoms. The number of hydrogen-bond acceptors (Lipinski definition) is 6. The number of ether oxygens (including phenoxy) is 2. The Hall–Kier alpha value is -4.24. The standard InChI is InChI=1S/C28H27N3O5S/c1-5-35-23-13-11-22(12-14-23)31-26(33)24(25(32)29-28(31)37)16-20-15-17(3)30(18(20)4)21-9-7-19(8-10-21)27(34)36-6-2/h7-16H,5-6H2,1-4H3,(H,29,32,37)/b24-16+. The molecule has 190 valence electrons. The number of aromatic nitrogens is 1. The van der Waals surface area contributed by atoms with E-state index in [0.717, 1.165) is 17.1 Å². The van der Waals surface area contributed by atoms with Gasteiger partial charge in [0.1, 0.15) is 11.3 Å². The monoisotopic (exact) mass is 517 g/mol. The zero-order chi connectivity index (χ0) is 26.7. The summed E-state index contributed by atoms with van der Waals surface area (Å²) in [6, 6.07) is 15.9. The van der Waals surface area contributed by atoms with Gasteiger partial charge in [-0.3, -0.25) is 19.8 Å². The molecule has 37 heavy (non-hydrogen) atoms. The fourth-order valence-electron chi connectivity index (χ4n) is 4.20. The Morgan fingerprint density at radius 3 is 2.24 bits per heavy atom. The summed E-state index contributed by atoms with van der Waals surface area (Å²) in [6.07, 6.45) is 1.58. The highest BCUT2D eigenvalue weighted by Crippen LogP contribution is 2.27. The van der Waals surface area contributed by atoms with Crippen molar-refractivity contribution in [2.24, 2.45) is 0 Å². The number of nitrogens with zero attached hydrogens (tertiary/aromatic N) is 2. The number of nitrogens with one attached hydrogen (secondary N) is 1. The molecule has 0 atom stereocenters. The van der Waals surface area contributed by atoms with Crippen LogP contribution in [0.2, 0.25) is 0 Å². The van der Waals surface area contributed by atoms with E-state index in [1.54, 1.807) is 49.4 Å². The third-order valence-corrected chi connectivity index (χ3v) is 6.20. The molecule has 1 N–H and O–H groups in total. The van der Waals surface area contributed by atoms with E-state index in [1.807, 2.05) is 43.5 Å². The van der Waals surface area contributed by atoms with E-state index in [-0.39, 0.29) is 16.7 Å². The van der Waals surface area contributed by atoms with Crippen molar-refractivity contribution in [3.63, 3.8) is 0 Å². The molecule has 2 heterocycles. The number of benzene rings is 2. The van der Waals surface area contributed by atoms with Crippen molar-refractivity contribution in [3.8, 4) is 11.4 Å². The van der Waals surface area contributed by atoms with E-state index in [4.69, 9.17) is 21.7 Å². The van der Waals surface area contributed by atoms with Gasteiger partial charge in [-0.25, -0.2) is 4.79 Å². The van der Waals surface area contributed by atoms with Crippen LogP contribution in [0.1, 0.15) is 41.2 Å². The van der Waals surface area contributed by atoms with Crippen molar-refractivity contribution < 1.29 is 23.9 Å². The number of hydrogen-bond donors (Lipinski definition) is 1. The molecule has 2 aromatic carbocycles. The summed E-state index contributed by atoms with van der Waals surface area (Å²) < 4.78 is 12.5. The summed E-state index contributed by atoms with van der Waals surface area (Å²) in [7, 11) is 0. The van der Waals surface area contributed by atoms with Gasteiger partial charge >= 0.3 is 5.97 Å². The Labute approximate surface area is 220 Å². The first-order valence-corrected chi connectivity index (χ1v) is 12.3. The molecule has 4 rings (SSSR count). The Bertz CT molecular complexity index is 1400. The van der Waals surface area contributed by atoms with Gasteiger partial charge in [-0.05, 0) is 106 Å². The Morgan fingerprint density at radius 2 is 1.62 bits per heavy atom. The molecule has 9 heteroatoms. The second-order valence-electron chi connectivity index (χ2n) is 8.31. The molecule has 0 radical (unpaired) electrons. The molecule has 1 fully saturated rings. The second-order valence-corrected chi connectivity index (χ2v) is 8.70. The fourth-order valence-corrected chi connectivity index (χ4v) is 4.48. The van der Waals surface area contributed by atoms with Gasteiger partial charge in [-0.1, -0.05) is 0 Å². The summed E-state index contributed by atoms with van der Waals surface area (Å²) in [4.78, 5) is 39.5. The van der Waals surface area contributed by atoms with Crippen LogP contribution in [0, 0.1) is 13.8 Å². The van der Waals surface area contributed by atoms with Crippen molar-refractivity contribution in [3.05, 3.63) is 82.7 Å². The van der Waals surface area contributed by atoms with Gasteiger partial charge in [0.25, 0.3) is 11.8 Å². The maximum absolute atomic E-state index is 13.4. The quantitative estimate of drug-likeness (QED) is 0.215. The van der Waals surface area contributed by atoms with Gasteiger partial charge < -0.3 is 14.0 Å². The molecular formula is C28H27N3O5S. The fraction of sp³-hybridized carbons (Fsp3) is 0.214. The molecule has 1 aromatic heterocycles. The predicted molar refractivity (Wildman–Crippen MR) is 145 cm³/mol. The number of rotatable bonds is 7. The first-order chi connectivity index (χ1) is 17.7. The van der Waals surface area contributed by atoms with Gasteiger partial charge in [-0.15, -0.1) is 0 Å². The molecule has 0 bridgehead atoms. The third-order valence-electron chi connectivity index (χ3n) is 5.91. The molecule has 8 nitrogen and oxygen atoms in total. The molecule has 1 aliphatic heterocycles. The smallest absolute Gasteiger partial charge is 0.338 e. The van der Waals surface area contributed by atoms with Crippen LogP contribution in [-0.2, 0) is 14.3 Å². The molecule has 0 saturated carbocycles. The topological polar surface area (TPSA) is 89.9 Å². The predicted octanol–water partition coefficient (Wildman–Crippen LogP) is 4.50. The number of carbonyl (C=O) groups excluding carboxylic acids is 3. The third kappa shape index (κ3) is 5.17. The minimum absolute atomic E-state index is 0.0171. The largest absolute Gasteiger partial charge is 0.494 e. The highest BCUT2D eigenvalue weighted by atomic mass is 32.1. The lowest BCUT2D eigenvalue weighted by Gasteiger charge is -2.29. The Morgan fingerprint density at radius 1 is 0.973 bits per heavy atom. The van der Waals surface area contributed by atoms with Crippen LogP contribution in [0.3, 0.4) is 0 Å². The molecular weight excluding hydrogens is 490 g/mol. The number of aryl methyl sites for hydroxylation is 1. The van der Waals surface area contributed by atoms with Crippen molar-refractivity contribution in [2.75, 3.05) is 18.1 Å². The molecule has 1 aliphatic rings. The van der Waals surface area contributed by atoms with Gasteiger partial charge in [0.15, 0.2) is 5.11 Å². The van der Waals surface area contributed by atoms with Crippen LogP contribution >= 0.6 is 12.2 Å². The number of thiocarbonyl (C=S) groups is 1. The highest BCUT2D eigenvalue weighted by Gasteiger charge is 2.34. The average Bonchev–Trinajstić information content (AvgIpc) is 3.15. The van der Waals surface area contributed by atoms with Gasteiger partial charge in [-0.2, -0.15) is 0 Å². The molecule has 0 aliphatic carbocycles. The minimum Gasteiger partial charge on any atom is -0.494 e. The molecule has 3 aromatic rings. The van der Waals surface area contributed by atoms with Crippen molar-refractivity contribution in [1.82, 2.24) is 9.88 Å². The first kappa shape index (κ1) is 25.8. The van der Waals surface area contributed by atoms with Crippen LogP contribution in [0.4, 0.5) is 5.69 Å². The number of amides is 2. The average molecular weight is 518 g/mol. The molecule has 1 saturated heterocycles. The second kappa shape index (κ2) is 10.8. The molecule has 0 unspecified atom stereocenters. The minimum atomic E-state index is -0.555. The van der Waals surface area contributed by atoms with Crippen LogP contribution < -0.4 is 15.0 Å². The maximum Gasteiger partial charge on any atom is 0.338 e. The van der Waals surface area contributed by atoms with Crippen LogP contribution in [0.25, 0.3) is 11.8 Å². The van der Waals surface area contributed by atoms with Gasteiger partial charge in [0, 0.05) is 17.1 Å². The van der Waals surface area contributed by atoms with Gasteiger partial charge in [0.05, 0.1) is 24.5 Å². The van der Waals surface area contributed by atoms with Crippen LogP contribution in [0.15, 0.2) is 60.2 Å². The summed E-state index contributed by atoms with van der Waals surface area (Å²) in [6.45, 7) is 8.31. The van der Waals surface area contributed by atoms with Crippen LogP contribution in [0.5, 0.6) is 5.75 Å². The van der Waals surface area contributed by atoms with Crippen molar-refractivity contribution >= 4 is 46.9 Å². The van der Waals surface area contributed by atoms with Crippen molar-refractivity contribution in [1.29, 1.82) is 0 Å². The number of esters is 1. The van der Waals surface area contributed by atoms with Crippen molar-refractivity contribution in [2.45, 2.75) is 27.7 Å². The lowest BCUT2D eigenvalue weighted by Crippen LogP contribution is -2.54. The van der Waals surface area contributed by atoms with E-state index in [1.165, 1.54) is 4.90 Å². The number of anilines is 1. The van der Waals surface area contributed by atoms with E-state index in [9.17, 15) is 14.4 Å². The SMILES string of the molecule is CCOC(=O)c1ccc(-n2c(C)cc(/C=C3\C(=O)NC(=S)N(c4ccc(OCC)cc4)C3=O)c2C)cc1. The van der Waals surface area contributed by atoms with E-state index >= 15 is 0 Å². The Balaban J connectivity index is 1.66. The van der Waals surface area contributed by atoms with Crippen LogP contribution in [-0.4, -0.2) is 40.7 Å². The van der Waals surface area contributed by atoms with Gasteiger partial charge in [0.2, 0.25) is 0 Å². The Kier molecular flexibility index (Phi) is 7.54. The zero-order valence-corrected chi connectivity index (χ0v) is 21.8. The zero-order valence-electron chi connectivity index (χ0n) is 21.0. The lowest BCUT2D eigenvalue weighted by molar-refractivity contribution is -0.122. The van der Waals surface area contributed by atoms with E-state index < -0.39 is 11.8 Å². The van der Waals surface area contributed by atoms with E-state index in [0.29, 0.717) is 35.8 Å².